The first-order valence-corrected chi connectivity index (χ1v) is 6.13. The number of hydrogen-bond donors (Lipinski definition) is 0. The Morgan fingerprint density at radius 1 is 1.00 bits per heavy atom. The summed E-state index contributed by atoms with van der Waals surface area (Å²) in [5.41, 5.74) is 1.26. The molecule has 0 atom stereocenters. The van der Waals surface area contributed by atoms with Gasteiger partial charge in [-0.05, 0) is 17.0 Å². The smallest absolute Gasteiger partial charge is 0.147 e. The average molecular weight is 250 g/mol. The second-order valence-corrected chi connectivity index (χ2v) is 4.43. The third kappa shape index (κ3) is 2.38. The number of rotatable bonds is 3. The predicted octanol–water partition coefficient (Wildman–Crippen LogP) is 2.66. The van der Waals surface area contributed by atoms with E-state index in [0.717, 1.165) is 17.7 Å². The van der Waals surface area contributed by atoms with Crippen molar-refractivity contribution in [1.29, 1.82) is 0 Å². The highest BCUT2D eigenvalue weighted by Gasteiger charge is 2.06. The molecule has 4 nitrogen and oxygen atoms in total. The third-order valence-electron chi connectivity index (χ3n) is 3.12. The summed E-state index contributed by atoms with van der Waals surface area (Å²) in [7, 11) is 2.02. The Kier molecular flexibility index (Phi) is 3.06. The van der Waals surface area contributed by atoms with Gasteiger partial charge in [0.2, 0.25) is 0 Å². The standard InChI is InChI=1S/C15H14N4/c1-19(15-10-17-7-8-18-15)11-13-4-2-3-12-9-16-6-5-14(12)13/h2-10H,11H2,1H3. The molecule has 3 aromatic rings. The summed E-state index contributed by atoms with van der Waals surface area (Å²) < 4.78 is 0. The molecule has 2 heterocycles. The van der Waals surface area contributed by atoms with Crippen molar-refractivity contribution < 1.29 is 0 Å². The van der Waals surface area contributed by atoms with Crippen LogP contribution in [-0.2, 0) is 6.54 Å². The summed E-state index contributed by atoms with van der Waals surface area (Å²) in [6.07, 6.45) is 8.88. The molecular weight excluding hydrogens is 236 g/mol. The first-order chi connectivity index (χ1) is 9.34. The van der Waals surface area contributed by atoms with Crippen LogP contribution in [0.5, 0.6) is 0 Å². The Balaban J connectivity index is 1.94. The quantitative estimate of drug-likeness (QED) is 0.716. The number of nitrogens with zero attached hydrogens (tertiary/aromatic N) is 4. The molecule has 19 heavy (non-hydrogen) atoms. The van der Waals surface area contributed by atoms with Crippen molar-refractivity contribution in [3.05, 3.63) is 60.8 Å². The van der Waals surface area contributed by atoms with Gasteiger partial charge in [-0.15, -0.1) is 0 Å². The molecule has 0 unspecified atom stereocenters. The zero-order chi connectivity index (χ0) is 13.1. The van der Waals surface area contributed by atoms with E-state index in [1.54, 1.807) is 18.6 Å². The predicted molar refractivity (Wildman–Crippen MR) is 75.9 cm³/mol. The van der Waals surface area contributed by atoms with Gasteiger partial charge in [0.25, 0.3) is 0 Å². The van der Waals surface area contributed by atoms with Crippen LogP contribution in [0.3, 0.4) is 0 Å². The van der Waals surface area contributed by atoms with Crippen molar-refractivity contribution in [1.82, 2.24) is 15.0 Å². The van der Waals surface area contributed by atoms with Gasteiger partial charge in [-0.2, -0.15) is 0 Å². The molecule has 94 valence electrons. The lowest BCUT2D eigenvalue weighted by Gasteiger charge is -2.18. The molecule has 0 bridgehead atoms. The lowest BCUT2D eigenvalue weighted by molar-refractivity contribution is 0.896. The first kappa shape index (κ1) is 11.6. The maximum Gasteiger partial charge on any atom is 0.147 e. The number of aromatic nitrogens is 3. The molecule has 0 aliphatic heterocycles. The highest BCUT2D eigenvalue weighted by Crippen LogP contribution is 2.20. The Morgan fingerprint density at radius 3 is 2.74 bits per heavy atom. The number of fused-ring (bicyclic) bond motifs is 1. The molecule has 0 spiro atoms. The minimum Gasteiger partial charge on any atom is -0.354 e. The van der Waals surface area contributed by atoms with Crippen LogP contribution >= 0.6 is 0 Å². The van der Waals surface area contributed by atoms with E-state index in [2.05, 4.69) is 44.1 Å². The van der Waals surface area contributed by atoms with E-state index < -0.39 is 0 Å². The van der Waals surface area contributed by atoms with Crippen molar-refractivity contribution in [2.24, 2.45) is 0 Å². The maximum atomic E-state index is 4.31. The van der Waals surface area contributed by atoms with E-state index >= 15 is 0 Å². The van der Waals surface area contributed by atoms with Crippen molar-refractivity contribution >= 4 is 16.6 Å². The molecule has 2 aromatic heterocycles. The minimum atomic E-state index is 0.792. The van der Waals surface area contributed by atoms with E-state index in [1.807, 2.05) is 19.4 Å². The molecule has 0 fully saturated rings. The molecule has 0 aliphatic carbocycles. The molecule has 4 heteroatoms. The maximum absolute atomic E-state index is 4.31. The van der Waals surface area contributed by atoms with Crippen LogP contribution in [0.25, 0.3) is 10.8 Å². The Hall–Kier alpha value is -2.49. The summed E-state index contributed by atoms with van der Waals surface area (Å²) in [4.78, 5) is 14.6. The van der Waals surface area contributed by atoms with Gasteiger partial charge in [0.1, 0.15) is 5.82 Å². The van der Waals surface area contributed by atoms with E-state index in [1.165, 1.54) is 10.9 Å². The van der Waals surface area contributed by atoms with Crippen molar-refractivity contribution in [3.8, 4) is 0 Å². The molecule has 0 amide bonds. The SMILES string of the molecule is CN(Cc1cccc2cnccc12)c1cnccn1. The second-order valence-electron chi connectivity index (χ2n) is 4.43. The fraction of sp³-hybridized carbons (Fsp3) is 0.133. The van der Waals surface area contributed by atoms with Crippen LogP contribution in [0.2, 0.25) is 0 Å². The molecular formula is C15H14N4. The molecule has 0 saturated heterocycles. The summed E-state index contributed by atoms with van der Waals surface area (Å²) in [6.45, 7) is 0.792. The summed E-state index contributed by atoms with van der Waals surface area (Å²) in [6, 6.07) is 8.32. The monoisotopic (exact) mass is 250 g/mol. The third-order valence-corrected chi connectivity index (χ3v) is 3.12. The lowest BCUT2D eigenvalue weighted by Crippen LogP contribution is -2.17. The van der Waals surface area contributed by atoms with Gasteiger partial charge >= 0.3 is 0 Å². The topological polar surface area (TPSA) is 41.9 Å². The first-order valence-electron chi connectivity index (χ1n) is 6.13. The van der Waals surface area contributed by atoms with Crippen molar-refractivity contribution in [2.45, 2.75) is 6.54 Å². The fourth-order valence-corrected chi connectivity index (χ4v) is 2.15. The van der Waals surface area contributed by atoms with E-state index in [-0.39, 0.29) is 0 Å². The van der Waals surface area contributed by atoms with Gasteiger partial charge in [0.05, 0.1) is 6.20 Å². The number of pyridine rings is 1. The van der Waals surface area contributed by atoms with E-state index in [0.29, 0.717) is 0 Å². The number of hydrogen-bond acceptors (Lipinski definition) is 4. The molecule has 0 radical (unpaired) electrons. The zero-order valence-corrected chi connectivity index (χ0v) is 10.7. The molecule has 0 aliphatic rings. The van der Waals surface area contributed by atoms with Crippen LogP contribution < -0.4 is 4.90 Å². The van der Waals surface area contributed by atoms with Crippen LogP contribution in [0.4, 0.5) is 5.82 Å². The Morgan fingerprint density at radius 2 is 1.89 bits per heavy atom. The Labute approximate surface area is 111 Å². The number of anilines is 1. The molecule has 1 aromatic carbocycles. The van der Waals surface area contributed by atoms with Crippen molar-refractivity contribution in [3.63, 3.8) is 0 Å². The van der Waals surface area contributed by atoms with Crippen molar-refractivity contribution in [2.75, 3.05) is 11.9 Å². The van der Waals surface area contributed by atoms with Gasteiger partial charge in [0, 0.05) is 43.8 Å². The number of benzene rings is 1. The van der Waals surface area contributed by atoms with Crippen LogP contribution in [-0.4, -0.2) is 22.0 Å². The summed E-state index contributed by atoms with van der Waals surface area (Å²) >= 11 is 0. The lowest BCUT2D eigenvalue weighted by atomic mass is 10.1. The van der Waals surface area contributed by atoms with Gasteiger partial charge in [-0.1, -0.05) is 18.2 Å². The highest BCUT2D eigenvalue weighted by molar-refractivity contribution is 5.84. The van der Waals surface area contributed by atoms with Gasteiger partial charge in [-0.3, -0.25) is 9.97 Å². The fourth-order valence-electron chi connectivity index (χ4n) is 2.15. The Bertz CT molecular complexity index is 677. The van der Waals surface area contributed by atoms with Gasteiger partial charge in [-0.25, -0.2) is 4.98 Å². The minimum absolute atomic E-state index is 0.792. The summed E-state index contributed by atoms with van der Waals surface area (Å²) in [5, 5.41) is 2.39. The van der Waals surface area contributed by atoms with Gasteiger partial charge < -0.3 is 4.90 Å². The van der Waals surface area contributed by atoms with E-state index in [9.17, 15) is 0 Å². The zero-order valence-electron chi connectivity index (χ0n) is 10.7. The van der Waals surface area contributed by atoms with E-state index in [4.69, 9.17) is 0 Å². The van der Waals surface area contributed by atoms with Gasteiger partial charge in [0.15, 0.2) is 0 Å². The summed E-state index contributed by atoms with van der Waals surface area (Å²) in [5.74, 6) is 0.869. The second kappa shape index (κ2) is 5.02. The largest absolute Gasteiger partial charge is 0.354 e. The van der Waals surface area contributed by atoms with Crippen LogP contribution in [0.1, 0.15) is 5.56 Å². The molecule has 3 rings (SSSR count). The van der Waals surface area contributed by atoms with Crippen LogP contribution in [0.15, 0.2) is 55.2 Å². The average Bonchev–Trinajstić information content (AvgIpc) is 2.48. The highest BCUT2D eigenvalue weighted by atomic mass is 15.2. The molecule has 0 saturated carbocycles. The molecule has 0 N–H and O–H groups in total. The van der Waals surface area contributed by atoms with Crippen LogP contribution in [0, 0.1) is 0 Å². The normalized spacial score (nSPS) is 10.6.